The van der Waals surface area contributed by atoms with Gasteiger partial charge in [-0.1, -0.05) is 11.6 Å². The first kappa shape index (κ1) is 12.3. The van der Waals surface area contributed by atoms with Crippen LogP contribution in [0.2, 0.25) is 5.02 Å². The van der Waals surface area contributed by atoms with Crippen molar-refractivity contribution in [2.45, 2.75) is 26.3 Å². The number of hydrogen-bond donors (Lipinski definition) is 2. The molecule has 3 N–H and O–H groups in total. The Morgan fingerprint density at radius 2 is 2.00 bits per heavy atom. The van der Waals surface area contributed by atoms with Gasteiger partial charge in [0.2, 0.25) is 0 Å². The molecule has 0 amide bonds. The highest BCUT2D eigenvalue weighted by molar-refractivity contribution is 6.36. The van der Waals surface area contributed by atoms with Gasteiger partial charge in [0, 0.05) is 22.2 Å². The van der Waals surface area contributed by atoms with E-state index in [4.69, 9.17) is 22.1 Å². The number of aromatic amines is 1. The van der Waals surface area contributed by atoms with E-state index in [0.29, 0.717) is 5.02 Å². The van der Waals surface area contributed by atoms with E-state index in [1.165, 1.54) is 0 Å². The number of benzene rings is 1. The first-order chi connectivity index (χ1) is 7.86. The molecule has 0 aliphatic heterocycles. The van der Waals surface area contributed by atoms with Crippen molar-refractivity contribution in [1.29, 1.82) is 0 Å². The number of rotatable bonds is 2. The first-order valence-electron chi connectivity index (χ1n) is 5.50. The average molecular weight is 253 g/mol. The van der Waals surface area contributed by atoms with Crippen molar-refractivity contribution in [3.05, 3.63) is 28.4 Å². The third kappa shape index (κ3) is 1.90. The summed E-state index contributed by atoms with van der Waals surface area (Å²) in [5.41, 5.74) is 8.74. The Morgan fingerprint density at radius 1 is 1.35 bits per heavy atom. The molecule has 1 aromatic heterocycles. The second-order valence-corrected chi connectivity index (χ2v) is 5.25. The van der Waals surface area contributed by atoms with Gasteiger partial charge in [0.15, 0.2) is 0 Å². The molecular weight excluding hydrogens is 236 g/mol. The van der Waals surface area contributed by atoms with E-state index in [1.54, 1.807) is 7.11 Å². The second kappa shape index (κ2) is 3.93. The van der Waals surface area contributed by atoms with E-state index in [-0.39, 0.29) is 0 Å². The summed E-state index contributed by atoms with van der Waals surface area (Å²) in [4.78, 5) is 3.30. The molecule has 0 unspecified atom stereocenters. The molecule has 1 aromatic carbocycles. The molecule has 2 aromatic rings. The van der Waals surface area contributed by atoms with Crippen LogP contribution >= 0.6 is 11.6 Å². The summed E-state index contributed by atoms with van der Waals surface area (Å²) >= 11 is 6.28. The summed E-state index contributed by atoms with van der Waals surface area (Å²) in [7, 11) is 1.64. The Balaban J connectivity index is 2.91. The number of nitrogens with one attached hydrogen (secondary N) is 1. The standard InChI is InChI=1S/C13H17ClN2O/c1-7-11(13(2,3)15)10-8(14)5-6-9(17-4)12(10)16-7/h5-6,16H,15H2,1-4H3. The summed E-state index contributed by atoms with van der Waals surface area (Å²) in [6, 6.07) is 3.69. The molecule has 0 fully saturated rings. The molecule has 2 rings (SSSR count). The zero-order valence-corrected chi connectivity index (χ0v) is 11.3. The molecule has 4 heteroatoms. The van der Waals surface area contributed by atoms with Crippen molar-refractivity contribution in [1.82, 2.24) is 4.98 Å². The highest BCUT2D eigenvalue weighted by Crippen LogP contribution is 2.38. The van der Waals surface area contributed by atoms with Gasteiger partial charge in [-0.15, -0.1) is 0 Å². The zero-order chi connectivity index (χ0) is 12.8. The maximum atomic E-state index is 6.28. The normalized spacial score (nSPS) is 12.1. The van der Waals surface area contributed by atoms with Crippen molar-refractivity contribution < 1.29 is 4.74 Å². The maximum absolute atomic E-state index is 6.28. The minimum atomic E-state index is -0.446. The first-order valence-corrected chi connectivity index (χ1v) is 5.88. The number of halogens is 1. The third-order valence-corrected chi connectivity index (χ3v) is 3.23. The molecule has 0 aliphatic carbocycles. The van der Waals surface area contributed by atoms with Crippen LogP contribution in [0.1, 0.15) is 25.1 Å². The average Bonchev–Trinajstić information content (AvgIpc) is 2.56. The molecule has 0 bridgehead atoms. The van der Waals surface area contributed by atoms with Crippen LogP contribution in [0.5, 0.6) is 5.75 Å². The quantitative estimate of drug-likeness (QED) is 0.861. The van der Waals surface area contributed by atoms with Gasteiger partial charge in [0.25, 0.3) is 0 Å². The van der Waals surface area contributed by atoms with Gasteiger partial charge in [-0.2, -0.15) is 0 Å². The summed E-state index contributed by atoms with van der Waals surface area (Å²) in [5, 5.41) is 1.65. The molecule has 0 saturated carbocycles. The van der Waals surface area contributed by atoms with Gasteiger partial charge in [0.05, 0.1) is 17.6 Å². The van der Waals surface area contributed by atoms with Gasteiger partial charge >= 0.3 is 0 Å². The van der Waals surface area contributed by atoms with Crippen molar-refractivity contribution in [3.63, 3.8) is 0 Å². The van der Waals surface area contributed by atoms with Crippen LogP contribution in [-0.4, -0.2) is 12.1 Å². The molecule has 0 saturated heterocycles. The number of fused-ring (bicyclic) bond motifs is 1. The Kier molecular flexibility index (Phi) is 2.84. The largest absolute Gasteiger partial charge is 0.495 e. The predicted molar refractivity (Wildman–Crippen MR) is 71.8 cm³/mol. The number of aryl methyl sites for hydroxylation is 1. The minimum Gasteiger partial charge on any atom is -0.495 e. The lowest BCUT2D eigenvalue weighted by Gasteiger charge is -2.20. The molecule has 3 nitrogen and oxygen atoms in total. The summed E-state index contributed by atoms with van der Waals surface area (Å²) in [6.45, 7) is 5.94. The summed E-state index contributed by atoms with van der Waals surface area (Å²) in [6.07, 6.45) is 0. The zero-order valence-electron chi connectivity index (χ0n) is 10.5. The molecular formula is C13H17ClN2O. The lowest BCUT2D eigenvalue weighted by atomic mass is 9.92. The molecule has 0 atom stereocenters. The molecule has 0 radical (unpaired) electrons. The minimum absolute atomic E-state index is 0.446. The molecule has 92 valence electrons. The van der Waals surface area contributed by atoms with Crippen LogP contribution in [-0.2, 0) is 5.54 Å². The van der Waals surface area contributed by atoms with E-state index in [2.05, 4.69) is 4.98 Å². The second-order valence-electron chi connectivity index (χ2n) is 4.85. The van der Waals surface area contributed by atoms with Crippen LogP contribution in [0.25, 0.3) is 10.9 Å². The van der Waals surface area contributed by atoms with Crippen LogP contribution in [0.3, 0.4) is 0 Å². The molecule has 0 aliphatic rings. The van der Waals surface area contributed by atoms with E-state index in [9.17, 15) is 0 Å². The number of H-pyrrole nitrogens is 1. The number of ether oxygens (including phenoxy) is 1. The van der Waals surface area contributed by atoms with E-state index >= 15 is 0 Å². The fraction of sp³-hybridized carbons (Fsp3) is 0.385. The number of aromatic nitrogens is 1. The van der Waals surface area contributed by atoms with Crippen LogP contribution in [0.4, 0.5) is 0 Å². The number of hydrogen-bond acceptors (Lipinski definition) is 2. The molecule has 17 heavy (non-hydrogen) atoms. The van der Waals surface area contributed by atoms with Crippen LogP contribution in [0.15, 0.2) is 12.1 Å². The van der Waals surface area contributed by atoms with E-state index in [0.717, 1.165) is 27.9 Å². The van der Waals surface area contributed by atoms with Crippen LogP contribution < -0.4 is 10.5 Å². The smallest absolute Gasteiger partial charge is 0.143 e. The Bertz CT molecular complexity index is 567. The fourth-order valence-electron chi connectivity index (χ4n) is 2.34. The monoisotopic (exact) mass is 252 g/mol. The topological polar surface area (TPSA) is 51.0 Å². The van der Waals surface area contributed by atoms with Crippen molar-refractivity contribution in [3.8, 4) is 5.75 Å². The maximum Gasteiger partial charge on any atom is 0.143 e. The summed E-state index contributed by atoms with van der Waals surface area (Å²) in [5.74, 6) is 0.781. The third-order valence-electron chi connectivity index (χ3n) is 2.92. The Morgan fingerprint density at radius 3 is 2.53 bits per heavy atom. The molecule has 0 spiro atoms. The van der Waals surface area contributed by atoms with Crippen LogP contribution in [0, 0.1) is 6.92 Å². The fourth-order valence-corrected chi connectivity index (χ4v) is 2.59. The number of nitrogens with two attached hydrogens (primary N) is 1. The summed E-state index contributed by atoms with van der Waals surface area (Å²) < 4.78 is 5.33. The Labute approximate surface area is 106 Å². The lowest BCUT2D eigenvalue weighted by Crippen LogP contribution is -2.29. The van der Waals surface area contributed by atoms with Crippen molar-refractivity contribution >= 4 is 22.5 Å². The lowest BCUT2D eigenvalue weighted by molar-refractivity contribution is 0.419. The van der Waals surface area contributed by atoms with Gasteiger partial charge in [0.1, 0.15) is 5.75 Å². The van der Waals surface area contributed by atoms with Gasteiger partial charge in [-0.25, -0.2) is 0 Å². The van der Waals surface area contributed by atoms with E-state index in [1.807, 2.05) is 32.9 Å². The SMILES string of the molecule is COc1ccc(Cl)c2c(C(C)(C)N)c(C)[nH]c12. The van der Waals surface area contributed by atoms with Crippen molar-refractivity contribution in [2.24, 2.45) is 5.73 Å². The highest BCUT2D eigenvalue weighted by atomic mass is 35.5. The van der Waals surface area contributed by atoms with Gasteiger partial charge < -0.3 is 15.5 Å². The predicted octanol–water partition coefficient (Wildman–Crippen LogP) is 3.33. The van der Waals surface area contributed by atoms with Gasteiger partial charge in [-0.05, 0) is 32.9 Å². The number of methoxy groups -OCH3 is 1. The molecule has 1 heterocycles. The Hall–Kier alpha value is -1.19. The van der Waals surface area contributed by atoms with Crippen molar-refractivity contribution in [2.75, 3.05) is 7.11 Å². The highest BCUT2D eigenvalue weighted by Gasteiger charge is 2.24. The van der Waals surface area contributed by atoms with E-state index < -0.39 is 5.54 Å². The van der Waals surface area contributed by atoms with Gasteiger partial charge in [-0.3, -0.25) is 0 Å².